The average molecular weight is 222 g/mol. The molecule has 3 heteroatoms. The van der Waals surface area contributed by atoms with Crippen molar-refractivity contribution in [2.24, 2.45) is 5.92 Å². The first-order valence-electron chi connectivity index (χ1n) is 5.58. The molecule has 1 aromatic heterocycles. The molecule has 2 atom stereocenters. The minimum absolute atomic E-state index is 0.372. The monoisotopic (exact) mass is 222 g/mol. The van der Waals surface area contributed by atoms with Gasteiger partial charge in [0.25, 0.3) is 0 Å². The van der Waals surface area contributed by atoms with Crippen molar-refractivity contribution in [3.05, 3.63) is 30.1 Å². The predicted octanol–water partition coefficient (Wildman–Crippen LogP) is 2.49. The van der Waals surface area contributed by atoms with Gasteiger partial charge in [-0.3, -0.25) is 4.98 Å². The SMILES string of the molecule is CC(NCC1CCSC1)c1ccccn1. The lowest BCUT2D eigenvalue weighted by molar-refractivity contribution is 0.472. The molecule has 82 valence electrons. The van der Waals surface area contributed by atoms with Gasteiger partial charge in [0.15, 0.2) is 0 Å². The summed E-state index contributed by atoms with van der Waals surface area (Å²) < 4.78 is 0. The third-order valence-electron chi connectivity index (χ3n) is 2.87. The Morgan fingerprint density at radius 3 is 3.20 bits per heavy atom. The van der Waals surface area contributed by atoms with Crippen LogP contribution in [0.5, 0.6) is 0 Å². The lowest BCUT2D eigenvalue weighted by Gasteiger charge is -2.16. The van der Waals surface area contributed by atoms with Crippen LogP contribution < -0.4 is 5.32 Å². The van der Waals surface area contributed by atoms with Crippen LogP contribution in [0, 0.1) is 5.92 Å². The first-order chi connectivity index (χ1) is 7.36. The Balaban J connectivity index is 1.79. The van der Waals surface area contributed by atoms with Gasteiger partial charge in [0.1, 0.15) is 0 Å². The van der Waals surface area contributed by atoms with Gasteiger partial charge >= 0.3 is 0 Å². The summed E-state index contributed by atoms with van der Waals surface area (Å²) in [5.74, 6) is 3.52. The standard InChI is InChI=1S/C12H18N2S/c1-10(12-4-2-3-6-13-12)14-8-11-5-7-15-9-11/h2-4,6,10-11,14H,5,7-9H2,1H3. The van der Waals surface area contributed by atoms with E-state index in [2.05, 4.69) is 35.1 Å². The van der Waals surface area contributed by atoms with Gasteiger partial charge in [-0.2, -0.15) is 11.8 Å². The highest BCUT2D eigenvalue weighted by Gasteiger charge is 2.16. The highest BCUT2D eigenvalue weighted by atomic mass is 32.2. The molecule has 1 fully saturated rings. The maximum atomic E-state index is 4.36. The zero-order chi connectivity index (χ0) is 10.5. The third-order valence-corrected chi connectivity index (χ3v) is 4.10. The van der Waals surface area contributed by atoms with Gasteiger partial charge in [-0.25, -0.2) is 0 Å². The van der Waals surface area contributed by atoms with Gasteiger partial charge in [0, 0.05) is 12.2 Å². The number of hydrogen-bond donors (Lipinski definition) is 1. The van der Waals surface area contributed by atoms with Crippen LogP contribution in [0.15, 0.2) is 24.4 Å². The molecular weight excluding hydrogens is 204 g/mol. The maximum absolute atomic E-state index is 4.36. The van der Waals surface area contributed by atoms with Crippen molar-refractivity contribution in [2.45, 2.75) is 19.4 Å². The van der Waals surface area contributed by atoms with E-state index in [0.717, 1.165) is 18.2 Å². The summed E-state index contributed by atoms with van der Waals surface area (Å²) in [5.41, 5.74) is 1.14. The lowest BCUT2D eigenvalue weighted by Crippen LogP contribution is -2.26. The molecule has 2 nitrogen and oxygen atoms in total. The van der Waals surface area contributed by atoms with Gasteiger partial charge in [-0.15, -0.1) is 0 Å². The second-order valence-corrected chi connectivity index (χ2v) is 5.26. The van der Waals surface area contributed by atoms with Crippen molar-refractivity contribution < 1.29 is 0 Å². The van der Waals surface area contributed by atoms with Gasteiger partial charge in [-0.05, 0) is 49.4 Å². The average Bonchev–Trinajstić information content (AvgIpc) is 2.80. The minimum atomic E-state index is 0.372. The molecule has 1 aliphatic rings. The molecule has 0 radical (unpaired) electrons. The van der Waals surface area contributed by atoms with Crippen molar-refractivity contribution >= 4 is 11.8 Å². The first kappa shape index (κ1) is 11.0. The van der Waals surface area contributed by atoms with Crippen LogP contribution in [0.4, 0.5) is 0 Å². The second-order valence-electron chi connectivity index (χ2n) is 4.11. The molecule has 1 saturated heterocycles. The Labute approximate surface area is 95.9 Å². The Morgan fingerprint density at radius 1 is 1.60 bits per heavy atom. The summed E-state index contributed by atoms with van der Waals surface area (Å²) in [6.45, 7) is 3.31. The predicted molar refractivity (Wildman–Crippen MR) is 66.1 cm³/mol. The van der Waals surface area contributed by atoms with E-state index in [0.29, 0.717) is 6.04 Å². The number of aromatic nitrogens is 1. The Bertz CT molecular complexity index is 283. The molecule has 2 rings (SSSR count). The molecule has 0 amide bonds. The molecule has 15 heavy (non-hydrogen) atoms. The van der Waals surface area contributed by atoms with E-state index in [1.54, 1.807) is 0 Å². The van der Waals surface area contributed by atoms with Gasteiger partial charge < -0.3 is 5.32 Å². The van der Waals surface area contributed by atoms with Crippen LogP contribution in [-0.4, -0.2) is 23.0 Å². The van der Waals surface area contributed by atoms with Crippen molar-refractivity contribution in [3.63, 3.8) is 0 Å². The Morgan fingerprint density at radius 2 is 2.53 bits per heavy atom. The molecule has 0 spiro atoms. The Kier molecular flexibility index (Phi) is 4.03. The van der Waals surface area contributed by atoms with E-state index in [1.807, 2.05) is 18.3 Å². The zero-order valence-corrected chi connectivity index (χ0v) is 9.96. The van der Waals surface area contributed by atoms with Gasteiger partial charge in [0.2, 0.25) is 0 Å². The molecule has 0 bridgehead atoms. The molecular formula is C12H18N2S. The molecule has 1 aromatic rings. The summed E-state index contributed by atoms with van der Waals surface area (Å²) in [6.07, 6.45) is 3.23. The fourth-order valence-electron chi connectivity index (χ4n) is 1.82. The van der Waals surface area contributed by atoms with E-state index in [9.17, 15) is 0 Å². The van der Waals surface area contributed by atoms with Gasteiger partial charge in [0.05, 0.1) is 5.69 Å². The third kappa shape index (κ3) is 3.21. The van der Waals surface area contributed by atoms with Crippen molar-refractivity contribution in [1.29, 1.82) is 0 Å². The number of pyridine rings is 1. The normalized spacial score (nSPS) is 22.9. The topological polar surface area (TPSA) is 24.9 Å². The zero-order valence-electron chi connectivity index (χ0n) is 9.15. The van der Waals surface area contributed by atoms with Crippen LogP contribution in [0.2, 0.25) is 0 Å². The number of thioether (sulfide) groups is 1. The number of nitrogens with zero attached hydrogens (tertiary/aromatic N) is 1. The molecule has 2 heterocycles. The molecule has 0 saturated carbocycles. The van der Waals surface area contributed by atoms with E-state index < -0.39 is 0 Å². The van der Waals surface area contributed by atoms with E-state index >= 15 is 0 Å². The number of nitrogens with one attached hydrogen (secondary N) is 1. The molecule has 2 unspecified atom stereocenters. The number of rotatable bonds is 4. The van der Waals surface area contributed by atoms with Crippen LogP contribution in [0.25, 0.3) is 0 Å². The van der Waals surface area contributed by atoms with Crippen molar-refractivity contribution in [3.8, 4) is 0 Å². The fourth-order valence-corrected chi connectivity index (χ4v) is 3.11. The maximum Gasteiger partial charge on any atom is 0.0570 e. The van der Waals surface area contributed by atoms with Crippen molar-refractivity contribution in [2.75, 3.05) is 18.1 Å². The summed E-state index contributed by atoms with van der Waals surface area (Å²) in [6, 6.07) is 6.47. The number of hydrogen-bond acceptors (Lipinski definition) is 3. The van der Waals surface area contributed by atoms with Crippen LogP contribution in [-0.2, 0) is 0 Å². The second kappa shape index (κ2) is 5.52. The minimum Gasteiger partial charge on any atom is -0.309 e. The molecule has 0 aromatic carbocycles. The quantitative estimate of drug-likeness (QED) is 0.847. The Hall–Kier alpha value is -0.540. The van der Waals surface area contributed by atoms with E-state index in [1.165, 1.54) is 17.9 Å². The largest absolute Gasteiger partial charge is 0.309 e. The van der Waals surface area contributed by atoms with Crippen LogP contribution in [0.1, 0.15) is 25.1 Å². The van der Waals surface area contributed by atoms with Gasteiger partial charge in [-0.1, -0.05) is 6.07 Å². The fraction of sp³-hybridized carbons (Fsp3) is 0.583. The van der Waals surface area contributed by atoms with Crippen LogP contribution >= 0.6 is 11.8 Å². The lowest BCUT2D eigenvalue weighted by atomic mass is 10.1. The molecule has 1 N–H and O–H groups in total. The summed E-state index contributed by atoms with van der Waals surface area (Å²) in [5, 5.41) is 3.56. The first-order valence-corrected chi connectivity index (χ1v) is 6.74. The summed E-state index contributed by atoms with van der Waals surface area (Å²) >= 11 is 2.07. The molecule has 1 aliphatic heterocycles. The van der Waals surface area contributed by atoms with Crippen molar-refractivity contribution in [1.82, 2.24) is 10.3 Å². The highest BCUT2D eigenvalue weighted by Crippen LogP contribution is 2.23. The smallest absolute Gasteiger partial charge is 0.0570 e. The summed E-state index contributed by atoms with van der Waals surface area (Å²) in [7, 11) is 0. The van der Waals surface area contributed by atoms with E-state index in [-0.39, 0.29) is 0 Å². The molecule has 0 aliphatic carbocycles. The van der Waals surface area contributed by atoms with Crippen LogP contribution in [0.3, 0.4) is 0 Å². The van der Waals surface area contributed by atoms with E-state index in [4.69, 9.17) is 0 Å². The summed E-state index contributed by atoms with van der Waals surface area (Å²) in [4.78, 5) is 4.36. The highest BCUT2D eigenvalue weighted by molar-refractivity contribution is 7.99.